The fourth-order valence-electron chi connectivity index (χ4n) is 5.30. The predicted octanol–water partition coefficient (Wildman–Crippen LogP) is 7.87. The number of carbonyl (C=O) groups is 1. The molecule has 0 bridgehead atoms. The Kier molecular flexibility index (Phi) is 7.61. The highest BCUT2D eigenvalue weighted by atomic mass is 28.4. The third-order valence-electron chi connectivity index (χ3n) is 5.42. The Balaban J connectivity index is 2.52. The molecule has 0 radical (unpaired) electrons. The second kappa shape index (κ2) is 9.08. The average Bonchev–Trinajstić information content (AvgIpc) is 2.56. The number of anilines is 2. The van der Waals surface area contributed by atoms with Crippen molar-refractivity contribution in [1.82, 2.24) is 0 Å². The van der Waals surface area contributed by atoms with Gasteiger partial charge >= 0.3 is 0 Å². The van der Waals surface area contributed by atoms with Gasteiger partial charge in [0.25, 0.3) is 0 Å². The van der Waals surface area contributed by atoms with Crippen molar-refractivity contribution in [2.45, 2.75) is 78.6 Å². The molecule has 176 valence electrons. The Morgan fingerprint density at radius 2 is 0.812 bits per heavy atom. The second-order valence-electron chi connectivity index (χ2n) is 12.8. The zero-order valence-electron chi connectivity index (χ0n) is 22.4. The molecular weight excluding hydrogens is 457 g/mol. The largest absolute Gasteiger partial charge is 0.425 e. The molecule has 0 amide bonds. The van der Waals surface area contributed by atoms with Gasteiger partial charge in [0.05, 0.1) is 0 Å². The van der Waals surface area contributed by atoms with Crippen molar-refractivity contribution >= 4 is 50.1 Å². The Bertz CT molecular complexity index is 858. The molecule has 2 aromatic carbocycles. The van der Waals surface area contributed by atoms with Crippen LogP contribution in [0.5, 0.6) is 0 Å². The van der Waals surface area contributed by atoms with Crippen LogP contribution in [0.3, 0.4) is 0 Å². The summed E-state index contributed by atoms with van der Waals surface area (Å²) in [6, 6.07) is 16.7. The minimum absolute atomic E-state index is 0.117. The van der Waals surface area contributed by atoms with Crippen LogP contribution in [0.25, 0.3) is 0 Å². The summed E-state index contributed by atoms with van der Waals surface area (Å²) in [7, 11) is -6.32. The number of rotatable bonds is 8. The van der Waals surface area contributed by atoms with E-state index in [-0.39, 0.29) is 5.78 Å². The molecule has 0 aromatic heterocycles. The standard InChI is InChI=1S/C25H44N2OSi4/c1-29(2,3)26(30(4,5)6)23-17-13-15-21(19-23)25(28)22-16-14-18-24(20-22)27(31(7,8)9)32(10,11)12/h13-20H,1-12H3. The summed E-state index contributed by atoms with van der Waals surface area (Å²) in [6.45, 7) is 28.7. The summed E-state index contributed by atoms with van der Waals surface area (Å²) in [5, 5.41) is 0. The molecule has 0 aliphatic heterocycles. The summed E-state index contributed by atoms with van der Waals surface area (Å²) < 4.78 is 5.34. The maximum absolute atomic E-state index is 13.6. The van der Waals surface area contributed by atoms with Gasteiger partial charge in [-0.05, 0) is 24.3 Å². The van der Waals surface area contributed by atoms with Crippen molar-refractivity contribution in [2.24, 2.45) is 0 Å². The molecule has 7 heteroatoms. The van der Waals surface area contributed by atoms with Crippen LogP contribution in [-0.2, 0) is 0 Å². The summed E-state index contributed by atoms with van der Waals surface area (Å²) in [5.41, 5.74) is 3.98. The summed E-state index contributed by atoms with van der Waals surface area (Å²) in [5.74, 6) is 0.117. The topological polar surface area (TPSA) is 23.6 Å². The van der Waals surface area contributed by atoms with E-state index in [0.717, 1.165) is 11.1 Å². The first kappa shape index (κ1) is 26.8. The number of nitrogens with zero attached hydrogens (tertiary/aromatic N) is 2. The van der Waals surface area contributed by atoms with E-state index in [4.69, 9.17) is 0 Å². The highest BCUT2D eigenvalue weighted by molar-refractivity contribution is 6.99. The van der Waals surface area contributed by atoms with E-state index < -0.39 is 32.9 Å². The molecule has 2 rings (SSSR count). The fourth-order valence-corrected chi connectivity index (χ4v) is 25.1. The molecule has 0 spiro atoms. The summed E-state index contributed by atoms with van der Waals surface area (Å²) in [4.78, 5) is 13.6. The molecule has 0 atom stereocenters. The summed E-state index contributed by atoms with van der Waals surface area (Å²) >= 11 is 0. The van der Waals surface area contributed by atoms with E-state index in [9.17, 15) is 4.79 Å². The van der Waals surface area contributed by atoms with E-state index >= 15 is 0 Å². The zero-order chi connectivity index (χ0) is 24.7. The first-order valence-corrected chi connectivity index (χ1v) is 25.5. The van der Waals surface area contributed by atoms with Crippen molar-refractivity contribution in [3.05, 3.63) is 59.7 Å². The highest BCUT2D eigenvalue weighted by Crippen LogP contribution is 2.31. The first-order valence-electron chi connectivity index (χ1n) is 11.7. The number of benzene rings is 2. The van der Waals surface area contributed by atoms with Crippen LogP contribution < -0.4 is 8.46 Å². The molecule has 0 unspecified atom stereocenters. The lowest BCUT2D eigenvalue weighted by atomic mass is 10.0. The van der Waals surface area contributed by atoms with Crippen LogP contribution in [0.1, 0.15) is 15.9 Å². The van der Waals surface area contributed by atoms with Gasteiger partial charge in [-0.15, -0.1) is 0 Å². The molecule has 0 aliphatic rings. The maximum atomic E-state index is 13.6. The van der Waals surface area contributed by atoms with Crippen LogP contribution in [0.4, 0.5) is 11.4 Å². The van der Waals surface area contributed by atoms with Gasteiger partial charge < -0.3 is 8.46 Å². The highest BCUT2D eigenvalue weighted by Gasteiger charge is 2.36. The van der Waals surface area contributed by atoms with Gasteiger partial charge in [0.1, 0.15) is 32.9 Å². The normalized spacial score (nSPS) is 13.1. The minimum atomic E-state index is -1.58. The van der Waals surface area contributed by atoms with Crippen molar-refractivity contribution in [2.75, 3.05) is 8.46 Å². The zero-order valence-corrected chi connectivity index (χ0v) is 26.4. The Morgan fingerprint density at radius 3 is 1.06 bits per heavy atom. The van der Waals surface area contributed by atoms with Gasteiger partial charge in [0, 0.05) is 22.5 Å². The third kappa shape index (κ3) is 6.33. The number of hydrogen-bond acceptors (Lipinski definition) is 3. The molecule has 3 nitrogen and oxygen atoms in total. The van der Waals surface area contributed by atoms with Crippen molar-refractivity contribution in [1.29, 1.82) is 0 Å². The molecule has 0 saturated carbocycles. The molecule has 2 aromatic rings. The third-order valence-corrected chi connectivity index (χ3v) is 19.9. The molecule has 32 heavy (non-hydrogen) atoms. The van der Waals surface area contributed by atoms with Crippen molar-refractivity contribution in [3.8, 4) is 0 Å². The Morgan fingerprint density at radius 1 is 0.531 bits per heavy atom. The molecular formula is C25H44N2OSi4. The van der Waals surface area contributed by atoms with Crippen molar-refractivity contribution < 1.29 is 4.79 Å². The van der Waals surface area contributed by atoms with E-state index in [1.165, 1.54) is 11.4 Å². The summed E-state index contributed by atoms with van der Waals surface area (Å²) in [6.07, 6.45) is 0. The lowest BCUT2D eigenvalue weighted by molar-refractivity contribution is 0.103. The fraction of sp³-hybridized carbons (Fsp3) is 0.480. The van der Waals surface area contributed by atoms with Gasteiger partial charge in [-0.3, -0.25) is 4.79 Å². The van der Waals surface area contributed by atoms with Gasteiger partial charge in [0.2, 0.25) is 0 Å². The molecule has 0 N–H and O–H groups in total. The Labute approximate surface area is 201 Å². The minimum Gasteiger partial charge on any atom is -0.425 e. The van der Waals surface area contributed by atoms with E-state index in [1.54, 1.807) is 0 Å². The lowest BCUT2D eigenvalue weighted by Gasteiger charge is -2.46. The van der Waals surface area contributed by atoms with Crippen LogP contribution in [0.15, 0.2) is 48.5 Å². The van der Waals surface area contributed by atoms with Crippen LogP contribution in [0, 0.1) is 0 Å². The quantitative estimate of drug-likeness (QED) is 0.272. The first-order chi connectivity index (χ1) is 14.3. The lowest BCUT2D eigenvalue weighted by Crippen LogP contribution is -2.59. The predicted molar refractivity (Wildman–Crippen MR) is 155 cm³/mol. The van der Waals surface area contributed by atoms with Crippen LogP contribution in [-0.4, -0.2) is 38.7 Å². The van der Waals surface area contributed by atoms with E-state index in [1.807, 2.05) is 12.1 Å². The smallest absolute Gasteiger partial charge is 0.193 e. The maximum Gasteiger partial charge on any atom is 0.193 e. The molecule has 0 fully saturated rings. The number of ketones is 1. The molecule has 0 saturated heterocycles. The van der Waals surface area contributed by atoms with Gasteiger partial charge in [-0.25, -0.2) is 0 Å². The van der Waals surface area contributed by atoms with E-state index in [0.29, 0.717) is 0 Å². The van der Waals surface area contributed by atoms with Crippen molar-refractivity contribution in [3.63, 3.8) is 0 Å². The Hall–Kier alpha value is -1.42. The van der Waals surface area contributed by atoms with Gasteiger partial charge in [0.15, 0.2) is 5.78 Å². The number of hydrogen-bond donors (Lipinski definition) is 0. The number of carbonyl (C=O) groups excluding carboxylic acids is 1. The molecule has 0 heterocycles. The van der Waals surface area contributed by atoms with Crippen LogP contribution in [0.2, 0.25) is 78.6 Å². The van der Waals surface area contributed by atoms with Crippen LogP contribution >= 0.6 is 0 Å². The monoisotopic (exact) mass is 500 g/mol. The average molecular weight is 501 g/mol. The molecule has 0 aliphatic carbocycles. The SMILES string of the molecule is C[Si](C)(C)N(c1cccc(C(=O)c2cccc(N([Si](C)(C)C)[Si](C)(C)C)c2)c1)[Si](C)(C)C. The van der Waals surface area contributed by atoms with Gasteiger partial charge in [-0.2, -0.15) is 0 Å². The van der Waals surface area contributed by atoms with Gasteiger partial charge in [-0.1, -0.05) is 103 Å². The van der Waals surface area contributed by atoms with E-state index in [2.05, 4.69) is 123 Å². The second-order valence-corrected chi connectivity index (χ2v) is 32.8.